The molecule has 86 valence electrons. The molecule has 2 aliphatic heterocycles. The molecule has 0 aliphatic carbocycles. The second-order valence-corrected chi connectivity index (χ2v) is 5.99. The van der Waals surface area contributed by atoms with Gasteiger partial charge in [-0.1, -0.05) is 22.9 Å². The van der Waals surface area contributed by atoms with E-state index in [-0.39, 0.29) is 11.9 Å². The van der Waals surface area contributed by atoms with E-state index in [9.17, 15) is 4.79 Å². The fourth-order valence-electron chi connectivity index (χ4n) is 2.57. The summed E-state index contributed by atoms with van der Waals surface area (Å²) in [7, 11) is 0. The van der Waals surface area contributed by atoms with Crippen LogP contribution < -0.4 is 10.6 Å². The van der Waals surface area contributed by atoms with Crippen molar-refractivity contribution < 1.29 is 4.79 Å². The summed E-state index contributed by atoms with van der Waals surface area (Å²) in [6, 6.07) is 1.30. The second kappa shape index (κ2) is 3.98. The maximum atomic E-state index is 11.8. The van der Waals surface area contributed by atoms with E-state index in [4.69, 9.17) is 11.6 Å². The topological polar surface area (TPSA) is 54.0 Å². The van der Waals surface area contributed by atoms with Gasteiger partial charge in [-0.3, -0.25) is 4.79 Å². The fourth-order valence-corrected chi connectivity index (χ4v) is 3.39. The first-order chi connectivity index (χ1) is 7.72. The Bertz CT molecular complexity index is 422. The van der Waals surface area contributed by atoms with Crippen molar-refractivity contribution in [1.82, 2.24) is 15.6 Å². The summed E-state index contributed by atoms with van der Waals surface area (Å²) >= 11 is 6.97. The van der Waals surface area contributed by atoms with Crippen LogP contribution in [0.25, 0.3) is 0 Å². The van der Waals surface area contributed by atoms with Gasteiger partial charge in [0.15, 0.2) is 5.01 Å². The molecule has 0 spiro atoms. The second-order valence-electron chi connectivity index (χ2n) is 4.33. The average molecular weight is 258 g/mol. The highest BCUT2D eigenvalue weighted by Crippen LogP contribution is 2.28. The Morgan fingerprint density at radius 3 is 3.06 bits per heavy atom. The molecule has 2 fully saturated rings. The molecule has 1 amide bonds. The van der Waals surface area contributed by atoms with Gasteiger partial charge in [-0.2, -0.15) is 0 Å². The Hall–Kier alpha value is -0.650. The maximum Gasteiger partial charge on any atom is 0.280 e. The smallest absolute Gasteiger partial charge is 0.280 e. The number of nitrogens with one attached hydrogen (secondary N) is 2. The van der Waals surface area contributed by atoms with E-state index in [0.29, 0.717) is 21.4 Å². The highest BCUT2D eigenvalue weighted by atomic mass is 35.5. The molecule has 2 N–H and O–H groups in total. The van der Waals surface area contributed by atoms with Gasteiger partial charge in [-0.05, 0) is 19.3 Å². The molecule has 16 heavy (non-hydrogen) atoms. The van der Waals surface area contributed by atoms with E-state index in [1.807, 2.05) is 0 Å². The molecule has 2 saturated heterocycles. The van der Waals surface area contributed by atoms with Crippen LogP contribution >= 0.6 is 22.9 Å². The quantitative estimate of drug-likeness (QED) is 0.843. The van der Waals surface area contributed by atoms with Crippen LogP contribution in [0.4, 0.5) is 0 Å². The van der Waals surface area contributed by atoms with Crippen LogP contribution in [0.1, 0.15) is 29.1 Å². The van der Waals surface area contributed by atoms with Gasteiger partial charge in [0.05, 0.1) is 6.20 Å². The lowest BCUT2D eigenvalue weighted by Gasteiger charge is -2.20. The SMILES string of the molecule is O=C(NC1CC2CCC1N2)c1ncc(Cl)s1. The van der Waals surface area contributed by atoms with Crippen LogP contribution in [0, 0.1) is 0 Å². The molecule has 0 radical (unpaired) electrons. The van der Waals surface area contributed by atoms with Crippen molar-refractivity contribution in [3.05, 3.63) is 15.5 Å². The number of carbonyl (C=O) groups excluding carboxylic acids is 1. The van der Waals surface area contributed by atoms with Crippen LogP contribution in [0.3, 0.4) is 0 Å². The summed E-state index contributed by atoms with van der Waals surface area (Å²) < 4.78 is 0.552. The maximum absolute atomic E-state index is 11.8. The zero-order valence-corrected chi connectivity index (χ0v) is 10.1. The molecule has 3 unspecified atom stereocenters. The summed E-state index contributed by atoms with van der Waals surface area (Å²) in [5.41, 5.74) is 0. The van der Waals surface area contributed by atoms with Crippen molar-refractivity contribution in [3.8, 4) is 0 Å². The zero-order valence-electron chi connectivity index (χ0n) is 8.57. The van der Waals surface area contributed by atoms with Crippen molar-refractivity contribution in [2.45, 2.75) is 37.4 Å². The molecule has 4 nitrogen and oxygen atoms in total. The molecule has 3 heterocycles. The summed E-state index contributed by atoms with van der Waals surface area (Å²) in [5, 5.41) is 6.96. The lowest BCUT2D eigenvalue weighted by atomic mass is 9.95. The number of amides is 1. The number of fused-ring (bicyclic) bond motifs is 2. The number of hydrogen-bond donors (Lipinski definition) is 2. The molecule has 0 aromatic carbocycles. The lowest BCUT2D eigenvalue weighted by Crippen LogP contribution is -2.42. The van der Waals surface area contributed by atoms with Crippen molar-refractivity contribution in [2.75, 3.05) is 0 Å². The van der Waals surface area contributed by atoms with E-state index >= 15 is 0 Å². The Morgan fingerprint density at radius 1 is 1.62 bits per heavy atom. The Morgan fingerprint density at radius 2 is 2.50 bits per heavy atom. The van der Waals surface area contributed by atoms with Crippen LogP contribution in [-0.4, -0.2) is 29.0 Å². The predicted octanol–water partition coefficient (Wildman–Crippen LogP) is 1.42. The van der Waals surface area contributed by atoms with Gasteiger partial charge in [-0.25, -0.2) is 4.98 Å². The van der Waals surface area contributed by atoms with Gasteiger partial charge in [0.25, 0.3) is 5.91 Å². The van der Waals surface area contributed by atoms with Crippen molar-refractivity contribution in [1.29, 1.82) is 0 Å². The average Bonchev–Trinajstić information content (AvgIpc) is 2.92. The monoisotopic (exact) mass is 257 g/mol. The van der Waals surface area contributed by atoms with Crippen molar-refractivity contribution in [3.63, 3.8) is 0 Å². The fraction of sp³-hybridized carbons (Fsp3) is 0.600. The molecular formula is C10H12ClN3OS. The first-order valence-electron chi connectivity index (χ1n) is 5.40. The van der Waals surface area contributed by atoms with Gasteiger partial charge >= 0.3 is 0 Å². The highest BCUT2D eigenvalue weighted by molar-refractivity contribution is 7.17. The van der Waals surface area contributed by atoms with Gasteiger partial charge in [0.1, 0.15) is 4.34 Å². The highest BCUT2D eigenvalue weighted by Gasteiger charge is 2.39. The summed E-state index contributed by atoms with van der Waals surface area (Å²) in [4.78, 5) is 15.8. The molecule has 6 heteroatoms. The molecule has 1 aromatic rings. The number of nitrogens with zero attached hydrogens (tertiary/aromatic N) is 1. The van der Waals surface area contributed by atoms with Crippen LogP contribution in [0.15, 0.2) is 6.20 Å². The third kappa shape index (κ3) is 1.83. The van der Waals surface area contributed by atoms with Crippen molar-refractivity contribution >= 4 is 28.8 Å². The van der Waals surface area contributed by atoms with E-state index in [0.717, 1.165) is 12.8 Å². The summed E-state index contributed by atoms with van der Waals surface area (Å²) in [6.45, 7) is 0. The number of thiazole rings is 1. The first-order valence-corrected chi connectivity index (χ1v) is 6.60. The number of rotatable bonds is 2. The molecule has 2 aliphatic rings. The Balaban J connectivity index is 1.65. The third-order valence-electron chi connectivity index (χ3n) is 3.29. The van der Waals surface area contributed by atoms with E-state index < -0.39 is 0 Å². The molecule has 0 saturated carbocycles. The number of carbonyl (C=O) groups is 1. The molecule has 3 rings (SSSR count). The third-order valence-corrected chi connectivity index (χ3v) is 4.40. The van der Waals surface area contributed by atoms with E-state index in [1.165, 1.54) is 24.0 Å². The number of aromatic nitrogens is 1. The predicted molar refractivity (Wildman–Crippen MR) is 62.9 cm³/mol. The van der Waals surface area contributed by atoms with E-state index in [2.05, 4.69) is 15.6 Å². The number of halogens is 1. The van der Waals surface area contributed by atoms with Crippen LogP contribution in [0.5, 0.6) is 0 Å². The van der Waals surface area contributed by atoms with E-state index in [1.54, 1.807) is 0 Å². The normalized spacial score (nSPS) is 31.9. The van der Waals surface area contributed by atoms with Gasteiger partial charge in [0, 0.05) is 18.1 Å². The number of hydrogen-bond acceptors (Lipinski definition) is 4. The van der Waals surface area contributed by atoms with Crippen LogP contribution in [-0.2, 0) is 0 Å². The zero-order chi connectivity index (χ0) is 11.1. The molecular weight excluding hydrogens is 246 g/mol. The summed E-state index contributed by atoms with van der Waals surface area (Å²) in [6.07, 6.45) is 4.95. The minimum atomic E-state index is -0.101. The summed E-state index contributed by atoms with van der Waals surface area (Å²) in [5.74, 6) is -0.101. The molecule has 3 atom stereocenters. The van der Waals surface area contributed by atoms with Gasteiger partial charge in [0.2, 0.25) is 0 Å². The lowest BCUT2D eigenvalue weighted by molar-refractivity contribution is 0.0930. The molecule has 2 bridgehead atoms. The largest absolute Gasteiger partial charge is 0.346 e. The van der Waals surface area contributed by atoms with Crippen molar-refractivity contribution in [2.24, 2.45) is 0 Å². The minimum absolute atomic E-state index is 0.101. The standard InChI is InChI=1S/C10H12ClN3OS/c11-8-4-12-10(16-8)9(15)14-7-3-5-1-2-6(7)13-5/h4-7,13H,1-3H2,(H,14,15). The first kappa shape index (κ1) is 10.5. The van der Waals surface area contributed by atoms with Gasteiger partial charge < -0.3 is 10.6 Å². The Labute approximate surface area is 102 Å². The Kier molecular flexibility index (Phi) is 2.61. The van der Waals surface area contributed by atoms with Gasteiger partial charge in [-0.15, -0.1) is 0 Å². The minimum Gasteiger partial charge on any atom is -0.346 e. The van der Waals surface area contributed by atoms with Crippen LogP contribution in [0.2, 0.25) is 4.34 Å². The molecule has 1 aromatic heterocycles.